The number of halogens is 2. The number of hydrogen-bond acceptors (Lipinski definition) is 0. The normalized spacial score (nSPS) is 22.7. The quantitative estimate of drug-likeness (QED) is 0.608. The van der Waals surface area contributed by atoms with E-state index >= 15 is 0 Å². The van der Waals surface area contributed by atoms with E-state index in [-0.39, 0.29) is 29.4 Å². The van der Waals surface area contributed by atoms with Gasteiger partial charge >= 0.3 is 0 Å². The van der Waals surface area contributed by atoms with Crippen molar-refractivity contribution in [1.82, 2.24) is 0 Å². The second-order valence-corrected chi connectivity index (χ2v) is 7.14. The average Bonchev–Trinajstić information content (AvgIpc) is 3.01. The van der Waals surface area contributed by atoms with E-state index in [1.807, 2.05) is 12.1 Å². The number of benzene rings is 2. The van der Waals surface area contributed by atoms with Gasteiger partial charge in [0.2, 0.25) is 0 Å². The average molecular weight is 322 g/mol. The van der Waals surface area contributed by atoms with Gasteiger partial charge in [0.05, 0.1) is 0 Å². The maximum absolute atomic E-state index is 13.8. The molecule has 0 spiro atoms. The molecule has 0 saturated heterocycles. The van der Waals surface area contributed by atoms with Crippen molar-refractivity contribution in [3.63, 3.8) is 0 Å². The molecule has 0 amide bonds. The molecular weight excluding hydrogens is 302 g/mol. The zero-order chi connectivity index (χ0) is 17.0. The molecule has 122 valence electrons. The third-order valence-corrected chi connectivity index (χ3v) is 5.57. The van der Waals surface area contributed by atoms with Crippen LogP contribution in [0.3, 0.4) is 0 Å². The Labute approximate surface area is 141 Å². The van der Waals surface area contributed by atoms with Crippen molar-refractivity contribution < 1.29 is 8.78 Å². The van der Waals surface area contributed by atoms with Gasteiger partial charge in [-0.3, -0.25) is 0 Å². The minimum Gasteiger partial charge on any atom is -0.207 e. The molecule has 0 nitrogen and oxygen atoms in total. The summed E-state index contributed by atoms with van der Waals surface area (Å²) in [6.45, 7) is 6.42. The van der Waals surface area contributed by atoms with Gasteiger partial charge in [-0.25, -0.2) is 8.78 Å². The number of rotatable bonds is 2. The summed E-state index contributed by atoms with van der Waals surface area (Å²) < 4.78 is 27.6. The topological polar surface area (TPSA) is 0 Å². The van der Waals surface area contributed by atoms with E-state index in [0.717, 1.165) is 22.3 Å². The zero-order valence-electron chi connectivity index (χ0n) is 14.1. The molecule has 0 saturated carbocycles. The van der Waals surface area contributed by atoms with Gasteiger partial charge in [-0.05, 0) is 66.3 Å². The third-order valence-electron chi connectivity index (χ3n) is 5.57. The monoisotopic (exact) mass is 322 g/mol. The molecule has 0 N–H and O–H groups in total. The fourth-order valence-corrected chi connectivity index (χ4v) is 4.64. The molecule has 2 aromatic rings. The second-order valence-electron chi connectivity index (χ2n) is 7.14. The minimum absolute atomic E-state index is 0.165. The number of hydrogen-bond donors (Lipinski definition) is 0. The molecule has 0 heterocycles. The van der Waals surface area contributed by atoms with Crippen LogP contribution in [0, 0.1) is 17.6 Å². The van der Waals surface area contributed by atoms with Crippen LogP contribution < -0.4 is 0 Å². The molecule has 2 aliphatic carbocycles. The van der Waals surface area contributed by atoms with E-state index in [9.17, 15) is 8.78 Å². The smallest absolute Gasteiger partial charge is 0.123 e. The minimum atomic E-state index is -0.195. The van der Waals surface area contributed by atoms with Crippen molar-refractivity contribution in [3.8, 4) is 0 Å². The Morgan fingerprint density at radius 1 is 0.750 bits per heavy atom. The maximum Gasteiger partial charge on any atom is 0.123 e. The molecule has 0 fully saturated rings. The Balaban J connectivity index is 1.78. The van der Waals surface area contributed by atoms with Crippen molar-refractivity contribution >= 4 is 12.2 Å². The van der Waals surface area contributed by atoms with Crippen molar-refractivity contribution in [1.29, 1.82) is 0 Å². The van der Waals surface area contributed by atoms with Crippen LogP contribution in [0.1, 0.15) is 54.9 Å². The van der Waals surface area contributed by atoms with Crippen LogP contribution in [0.15, 0.2) is 47.5 Å². The first-order valence-electron chi connectivity index (χ1n) is 8.41. The molecular formula is C22H20F2. The lowest BCUT2D eigenvalue weighted by molar-refractivity contribution is 0.452. The first kappa shape index (κ1) is 15.3. The standard InChI is InChI=1S/C22H20F2/c1-12-8-15-4-6-17(23)10-19(15)21(12)14(3)22-13(2)9-16-5-7-18(24)11-20(16)22/h4-11,14,21-22H,1-3H3. The first-order chi connectivity index (χ1) is 11.5. The highest BCUT2D eigenvalue weighted by molar-refractivity contribution is 5.69. The van der Waals surface area contributed by atoms with Crippen LogP contribution in [0.4, 0.5) is 8.78 Å². The highest BCUT2D eigenvalue weighted by Crippen LogP contribution is 2.51. The van der Waals surface area contributed by atoms with Gasteiger partial charge in [-0.1, -0.05) is 42.4 Å². The van der Waals surface area contributed by atoms with Gasteiger partial charge in [0, 0.05) is 11.8 Å². The molecule has 2 atom stereocenters. The van der Waals surface area contributed by atoms with Gasteiger partial charge in [0.15, 0.2) is 0 Å². The Bertz CT molecular complexity index is 815. The maximum atomic E-state index is 13.8. The zero-order valence-corrected chi connectivity index (χ0v) is 14.1. The van der Waals surface area contributed by atoms with Crippen LogP contribution >= 0.6 is 0 Å². The second kappa shape index (κ2) is 5.41. The van der Waals surface area contributed by atoms with Crippen LogP contribution in [-0.2, 0) is 0 Å². The van der Waals surface area contributed by atoms with Crippen LogP contribution in [0.2, 0.25) is 0 Å². The first-order valence-corrected chi connectivity index (χ1v) is 8.41. The summed E-state index contributed by atoms with van der Waals surface area (Å²) in [6, 6.07) is 10.0. The largest absolute Gasteiger partial charge is 0.207 e. The summed E-state index contributed by atoms with van der Waals surface area (Å²) in [7, 11) is 0. The number of allylic oxidation sites excluding steroid dienone is 2. The van der Waals surface area contributed by atoms with E-state index in [4.69, 9.17) is 0 Å². The highest BCUT2D eigenvalue weighted by Gasteiger charge is 2.36. The van der Waals surface area contributed by atoms with Crippen molar-refractivity contribution in [2.24, 2.45) is 5.92 Å². The lowest BCUT2D eigenvalue weighted by Crippen LogP contribution is -2.18. The molecule has 4 rings (SSSR count). The van der Waals surface area contributed by atoms with Crippen molar-refractivity contribution in [3.05, 3.63) is 81.4 Å². The molecule has 0 radical (unpaired) electrons. The molecule has 0 aliphatic heterocycles. The predicted octanol–water partition coefficient (Wildman–Crippen LogP) is 6.30. The van der Waals surface area contributed by atoms with Crippen molar-refractivity contribution in [2.45, 2.75) is 32.6 Å². The summed E-state index contributed by atoms with van der Waals surface area (Å²) in [5, 5.41) is 0. The summed E-state index contributed by atoms with van der Waals surface area (Å²) in [4.78, 5) is 0. The summed E-state index contributed by atoms with van der Waals surface area (Å²) in [5.41, 5.74) is 6.81. The van der Waals surface area contributed by atoms with Crippen LogP contribution in [0.25, 0.3) is 12.2 Å². The van der Waals surface area contributed by atoms with Crippen LogP contribution in [0.5, 0.6) is 0 Å². The molecule has 2 heteroatoms. The van der Waals surface area contributed by atoms with E-state index in [1.165, 1.54) is 23.3 Å². The fourth-order valence-electron chi connectivity index (χ4n) is 4.64. The Hall–Kier alpha value is -2.22. The van der Waals surface area contributed by atoms with Gasteiger partial charge in [-0.2, -0.15) is 0 Å². The summed E-state index contributed by atoms with van der Waals surface area (Å²) in [6.07, 6.45) is 4.30. The molecule has 2 aromatic carbocycles. The molecule has 0 bridgehead atoms. The molecule has 0 aromatic heterocycles. The van der Waals surface area contributed by atoms with Crippen LogP contribution in [-0.4, -0.2) is 0 Å². The van der Waals surface area contributed by atoms with E-state index in [1.54, 1.807) is 12.1 Å². The molecule has 24 heavy (non-hydrogen) atoms. The highest BCUT2D eigenvalue weighted by atomic mass is 19.1. The van der Waals surface area contributed by atoms with Gasteiger partial charge in [-0.15, -0.1) is 0 Å². The van der Waals surface area contributed by atoms with Crippen molar-refractivity contribution in [2.75, 3.05) is 0 Å². The lowest BCUT2D eigenvalue weighted by atomic mass is 9.73. The van der Waals surface area contributed by atoms with Gasteiger partial charge in [0.1, 0.15) is 11.6 Å². The van der Waals surface area contributed by atoms with Gasteiger partial charge in [0.25, 0.3) is 0 Å². The SMILES string of the molecule is CC1=Cc2ccc(F)cc2C1C(C)C1C(C)=Cc2ccc(F)cc21. The Kier molecular flexibility index (Phi) is 3.45. The lowest BCUT2D eigenvalue weighted by Gasteiger charge is -2.30. The molecule has 2 aliphatic rings. The Morgan fingerprint density at radius 2 is 1.17 bits per heavy atom. The predicted molar refractivity (Wildman–Crippen MR) is 94.7 cm³/mol. The summed E-state index contributed by atoms with van der Waals surface area (Å²) >= 11 is 0. The Morgan fingerprint density at radius 3 is 1.58 bits per heavy atom. The van der Waals surface area contributed by atoms with E-state index in [0.29, 0.717) is 0 Å². The summed E-state index contributed by atoms with van der Waals surface area (Å²) in [5.74, 6) is 0.179. The van der Waals surface area contributed by atoms with Gasteiger partial charge < -0.3 is 0 Å². The molecule has 2 unspecified atom stereocenters. The van der Waals surface area contributed by atoms with E-state index < -0.39 is 0 Å². The third kappa shape index (κ3) is 2.24. The number of fused-ring (bicyclic) bond motifs is 2. The van der Waals surface area contributed by atoms with E-state index in [2.05, 4.69) is 32.9 Å². The fraction of sp³-hybridized carbons (Fsp3) is 0.273.